The first-order chi connectivity index (χ1) is 18.2. The van der Waals surface area contributed by atoms with Crippen LogP contribution >= 0.6 is 11.6 Å². The lowest BCUT2D eigenvalue weighted by Gasteiger charge is -2.32. The molecule has 4 aromatic rings. The molecule has 0 spiro atoms. The predicted molar refractivity (Wildman–Crippen MR) is 139 cm³/mol. The largest absolute Gasteiger partial charge is 0.417 e. The Morgan fingerprint density at radius 1 is 1.05 bits per heavy atom. The Kier molecular flexibility index (Phi) is 7.51. The average Bonchev–Trinajstić information content (AvgIpc) is 3.28. The Labute approximate surface area is 222 Å². The van der Waals surface area contributed by atoms with Gasteiger partial charge in [0.05, 0.1) is 27.4 Å². The Morgan fingerprint density at radius 2 is 1.84 bits per heavy atom. The molecule has 3 aromatic heterocycles. The van der Waals surface area contributed by atoms with Crippen molar-refractivity contribution in [3.05, 3.63) is 65.2 Å². The molecule has 0 bridgehead atoms. The first kappa shape index (κ1) is 26.3. The third-order valence-electron chi connectivity index (χ3n) is 6.59. The van der Waals surface area contributed by atoms with Crippen LogP contribution in [0.2, 0.25) is 5.02 Å². The van der Waals surface area contributed by atoms with E-state index in [1.54, 1.807) is 12.3 Å². The average molecular weight is 548 g/mol. The zero-order chi connectivity index (χ0) is 26.9. The summed E-state index contributed by atoms with van der Waals surface area (Å²) in [7, 11) is 2.12. The van der Waals surface area contributed by atoms with Gasteiger partial charge in [-0.15, -0.1) is 0 Å². The summed E-state index contributed by atoms with van der Waals surface area (Å²) >= 11 is 6.01. The molecule has 38 heavy (non-hydrogen) atoms. The molecule has 0 saturated carbocycles. The molecule has 0 aliphatic carbocycles. The number of hydrogen-bond acceptors (Lipinski definition) is 6. The van der Waals surface area contributed by atoms with Crippen LogP contribution in [-0.4, -0.2) is 75.7 Å². The van der Waals surface area contributed by atoms with Crippen molar-refractivity contribution in [3.63, 3.8) is 0 Å². The fourth-order valence-electron chi connectivity index (χ4n) is 4.47. The van der Waals surface area contributed by atoms with Gasteiger partial charge in [-0.05, 0) is 56.4 Å². The van der Waals surface area contributed by atoms with Crippen LogP contribution in [0.3, 0.4) is 0 Å². The highest BCUT2D eigenvalue weighted by molar-refractivity contribution is 6.31. The van der Waals surface area contributed by atoms with Crippen LogP contribution in [0.15, 0.2) is 48.8 Å². The van der Waals surface area contributed by atoms with E-state index in [4.69, 9.17) is 11.6 Å². The number of benzene rings is 1. The minimum absolute atomic E-state index is 0.119. The number of likely N-dealkylation sites (N-methyl/N-ethyl adjacent to an activating group) is 1. The molecule has 1 aromatic carbocycles. The van der Waals surface area contributed by atoms with E-state index in [1.165, 1.54) is 24.3 Å². The second kappa shape index (κ2) is 10.8. The third-order valence-corrected chi connectivity index (χ3v) is 6.88. The maximum absolute atomic E-state index is 13.8. The second-order valence-corrected chi connectivity index (χ2v) is 9.70. The van der Waals surface area contributed by atoms with Crippen LogP contribution in [0.5, 0.6) is 0 Å². The molecule has 0 unspecified atom stereocenters. The zero-order valence-corrected chi connectivity index (χ0v) is 21.4. The van der Waals surface area contributed by atoms with E-state index in [1.807, 2.05) is 0 Å². The van der Waals surface area contributed by atoms with Gasteiger partial charge in [0.2, 0.25) is 5.95 Å². The van der Waals surface area contributed by atoms with Crippen molar-refractivity contribution in [3.8, 4) is 22.5 Å². The predicted octanol–water partition coefficient (Wildman–Crippen LogP) is 5.32. The molecule has 1 N–H and O–H groups in total. The van der Waals surface area contributed by atoms with Gasteiger partial charge in [0.1, 0.15) is 11.5 Å². The van der Waals surface area contributed by atoms with Crippen molar-refractivity contribution in [2.45, 2.75) is 12.6 Å². The highest BCUT2D eigenvalue weighted by Gasteiger charge is 2.31. The third kappa shape index (κ3) is 5.74. The Morgan fingerprint density at radius 3 is 2.58 bits per heavy atom. The maximum atomic E-state index is 13.8. The van der Waals surface area contributed by atoms with Gasteiger partial charge in [-0.3, -0.25) is 0 Å². The lowest BCUT2D eigenvalue weighted by Crippen LogP contribution is -2.44. The number of fused-ring (bicyclic) bond motifs is 1. The smallest absolute Gasteiger partial charge is 0.354 e. The molecule has 0 amide bonds. The molecule has 0 atom stereocenters. The monoisotopic (exact) mass is 547 g/mol. The van der Waals surface area contributed by atoms with Crippen LogP contribution in [0.4, 0.5) is 23.5 Å². The first-order valence-corrected chi connectivity index (χ1v) is 12.6. The summed E-state index contributed by atoms with van der Waals surface area (Å²) in [6, 6.07) is 8.09. The molecule has 200 valence electrons. The van der Waals surface area contributed by atoms with Crippen LogP contribution in [-0.2, 0) is 6.18 Å². The van der Waals surface area contributed by atoms with E-state index in [0.29, 0.717) is 40.5 Å². The number of aromatic nitrogens is 4. The van der Waals surface area contributed by atoms with Crippen molar-refractivity contribution in [1.29, 1.82) is 0 Å². The zero-order valence-electron chi connectivity index (χ0n) is 20.6. The highest BCUT2D eigenvalue weighted by atomic mass is 35.5. The molecule has 4 heterocycles. The summed E-state index contributed by atoms with van der Waals surface area (Å²) < 4.78 is 55.1. The highest BCUT2D eigenvalue weighted by Crippen LogP contribution is 2.37. The number of nitrogens with zero attached hydrogens (tertiary/aromatic N) is 6. The number of alkyl halides is 3. The van der Waals surface area contributed by atoms with E-state index in [2.05, 4.69) is 37.2 Å². The lowest BCUT2D eigenvalue weighted by molar-refractivity contribution is -0.137. The van der Waals surface area contributed by atoms with Gasteiger partial charge in [-0.1, -0.05) is 11.6 Å². The normalized spacial score (nSPS) is 15.3. The number of rotatable bonds is 7. The Hall–Kier alpha value is -3.28. The van der Waals surface area contributed by atoms with Gasteiger partial charge in [-0.25, -0.2) is 18.9 Å². The topological polar surface area (TPSA) is 61.6 Å². The van der Waals surface area contributed by atoms with Crippen LogP contribution in [0.25, 0.3) is 28.0 Å². The molecule has 5 rings (SSSR count). The van der Waals surface area contributed by atoms with Gasteiger partial charge in [0.25, 0.3) is 0 Å². The molecular formula is C26H26ClF4N7. The number of nitrogens with one attached hydrogen (secondary N) is 1. The molecule has 1 fully saturated rings. The summed E-state index contributed by atoms with van der Waals surface area (Å²) in [5.41, 5.74) is 1.30. The van der Waals surface area contributed by atoms with E-state index in [-0.39, 0.29) is 5.02 Å². The number of halogens is 5. The standard InChI is InChI=1S/C26H26ClF4N7/c1-36-11-13-37(14-12-36)10-2-8-32-25-33-9-7-21(34-25)23-22-6-4-18(26(29,30)31)16-38(22)35-24(23)17-3-5-20(28)19(27)15-17/h3-7,9,15-16H,2,8,10-14H2,1H3,(H,32,33,34). The van der Waals surface area contributed by atoms with Crippen molar-refractivity contribution in [2.24, 2.45) is 0 Å². The van der Waals surface area contributed by atoms with Crippen LogP contribution in [0.1, 0.15) is 12.0 Å². The van der Waals surface area contributed by atoms with Gasteiger partial charge >= 0.3 is 6.18 Å². The minimum Gasteiger partial charge on any atom is -0.354 e. The van der Waals surface area contributed by atoms with Gasteiger partial charge < -0.3 is 15.1 Å². The Balaban J connectivity index is 1.44. The van der Waals surface area contributed by atoms with E-state index >= 15 is 0 Å². The summed E-state index contributed by atoms with van der Waals surface area (Å²) in [6.45, 7) is 5.84. The van der Waals surface area contributed by atoms with Crippen molar-refractivity contribution in [2.75, 3.05) is 51.6 Å². The van der Waals surface area contributed by atoms with E-state index in [9.17, 15) is 17.6 Å². The van der Waals surface area contributed by atoms with Crippen LogP contribution < -0.4 is 5.32 Å². The van der Waals surface area contributed by atoms with Gasteiger partial charge in [-0.2, -0.15) is 18.3 Å². The van der Waals surface area contributed by atoms with Crippen molar-refractivity contribution in [1.82, 2.24) is 29.4 Å². The molecule has 1 aliphatic heterocycles. The summed E-state index contributed by atoms with van der Waals surface area (Å²) in [6.07, 6.45) is -1.12. The van der Waals surface area contributed by atoms with Gasteiger partial charge in [0.15, 0.2) is 0 Å². The summed E-state index contributed by atoms with van der Waals surface area (Å²) in [5.74, 6) is -0.208. The minimum atomic E-state index is -4.53. The SMILES string of the molecule is CN1CCN(CCCNc2nccc(-c3c(-c4ccc(F)c(Cl)c4)nn4cc(C(F)(F)F)ccc34)n2)CC1. The fourth-order valence-corrected chi connectivity index (χ4v) is 4.65. The maximum Gasteiger partial charge on any atom is 0.417 e. The molecule has 1 saturated heterocycles. The molecule has 0 radical (unpaired) electrons. The second-order valence-electron chi connectivity index (χ2n) is 9.29. The molecule has 12 heteroatoms. The van der Waals surface area contributed by atoms with Crippen molar-refractivity contribution < 1.29 is 17.6 Å². The Bertz CT molecular complexity index is 1430. The quantitative estimate of drug-likeness (QED) is 0.250. The molecule has 7 nitrogen and oxygen atoms in total. The molecular weight excluding hydrogens is 522 g/mol. The van der Waals surface area contributed by atoms with Crippen molar-refractivity contribution >= 4 is 23.1 Å². The fraction of sp³-hybridized carbons (Fsp3) is 0.346. The lowest BCUT2D eigenvalue weighted by atomic mass is 10.0. The summed E-state index contributed by atoms with van der Waals surface area (Å²) in [5, 5.41) is 7.54. The van der Waals surface area contributed by atoms with Crippen LogP contribution in [0, 0.1) is 5.82 Å². The first-order valence-electron chi connectivity index (χ1n) is 12.2. The van der Waals surface area contributed by atoms with E-state index in [0.717, 1.165) is 55.9 Å². The van der Waals surface area contributed by atoms with Gasteiger partial charge in [0, 0.05) is 50.7 Å². The number of anilines is 1. The van der Waals surface area contributed by atoms with E-state index < -0.39 is 17.6 Å². The summed E-state index contributed by atoms with van der Waals surface area (Å²) in [4.78, 5) is 13.7. The number of hydrogen-bond donors (Lipinski definition) is 1. The number of pyridine rings is 1. The molecule has 1 aliphatic rings. The number of piperazine rings is 1.